The van der Waals surface area contributed by atoms with Crippen molar-refractivity contribution in [2.24, 2.45) is 10.7 Å². The maximum Gasteiger partial charge on any atom is 0.188 e. The highest BCUT2D eigenvalue weighted by Crippen LogP contribution is 2.27. The van der Waals surface area contributed by atoms with Crippen LogP contribution in [0.3, 0.4) is 0 Å². The Labute approximate surface area is 167 Å². The Hall–Kier alpha value is -1.05. The lowest BCUT2D eigenvalue weighted by molar-refractivity contribution is 0.594. The summed E-state index contributed by atoms with van der Waals surface area (Å²) in [5, 5.41) is 7.83. The molecule has 0 saturated carbocycles. The molecule has 0 fully saturated rings. The zero-order chi connectivity index (χ0) is 19.2. The third-order valence-electron chi connectivity index (χ3n) is 3.78. The van der Waals surface area contributed by atoms with E-state index in [1.165, 1.54) is 15.6 Å². The molecule has 0 saturated heterocycles. The minimum absolute atomic E-state index is 0.340. The summed E-state index contributed by atoms with van der Waals surface area (Å²) in [6.07, 6.45) is 7.30. The summed E-state index contributed by atoms with van der Waals surface area (Å²) in [7, 11) is 0. The first kappa shape index (κ1) is 23.0. The number of aliphatic imine (C=N–C) groups is 1. The monoisotopic (exact) mass is 397 g/mol. The van der Waals surface area contributed by atoms with Crippen LogP contribution in [-0.2, 0) is 12.2 Å². The van der Waals surface area contributed by atoms with Gasteiger partial charge in [0.2, 0.25) is 0 Å². The van der Waals surface area contributed by atoms with E-state index in [-0.39, 0.29) is 0 Å². The molecule has 1 aromatic heterocycles. The molecule has 26 heavy (non-hydrogen) atoms. The number of thioether (sulfide) groups is 1. The number of nitrogens with zero attached hydrogens (tertiary/aromatic N) is 2. The van der Waals surface area contributed by atoms with Gasteiger partial charge >= 0.3 is 0 Å². The average Bonchev–Trinajstić information content (AvgIpc) is 3.05. The van der Waals surface area contributed by atoms with Gasteiger partial charge in [0.25, 0.3) is 0 Å². The van der Waals surface area contributed by atoms with Crippen LogP contribution < -0.4 is 16.4 Å². The van der Waals surface area contributed by atoms with Crippen molar-refractivity contribution < 1.29 is 0 Å². The Morgan fingerprint density at radius 3 is 2.85 bits per heavy atom. The van der Waals surface area contributed by atoms with Crippen molar-refractivity contribution in [3.8, 4) is 0 Å². The molecule has 1 atom stereocenters. The minimum atomic E-state index is 0.340. The molecule has 0 spiro atoms. The number of aryl methyl sites for hydroxylation is 1. The fourth-order valence-corrected chi connectivity index (χ4v) is 4.44. The number of guanidine groups is 1. The van der Waals surface area contributed by atoms with Crippen LogP contribution in [-0.4, -0.2) is 36.3 Å². The standard InChI is InChI=1S/C19H35N5S2/c1-5-8-9-11-22-19(20)23-12-10-13-25-14-16-17(6-2)26-18(24-16)15(4)21-7-3/h8-9,15,21H,5-7,10-14H2,1-4H3,(H3,20,22,23). The summed E-state index contributed by atoms with van der Waals surface area (Å²) in [6, 6.07) is 0.340. The van der Waals surface area contributed by atoms with Gasteiger partial charge in [-0.15, -0.1) is 11.3 Å². The van der Waals surface area contributed by atoms with Crippen molar-refractivity contribution in [2.45, 2.75) is 58.8 Å². The number of rotatable bonds is 13. The highest BCUT2D eigenvalue weighted by Gasteiger charge is 2.14. The molecule has 0 amide bonds. The number of nitrogens with one attached hydrogen (secondary N) is 2. The highest BCUT2D eigenvalue weighted by atomic mass is 32.2. The van der Waals surface area contributed by atoms with Gasteiger partial charge < -0.3 is 16.4 Å². The van der Waals surface area contributed by atoms with E-state index in [1.807, 2.05) is 29.2 Å². The van der Waals surface area contributed by atoms with E-state index < -0.39 is 0 Å². The first-order valence-corrected chi connectivity index (χ1v) is 11.6. The number of allylic oxidation sites excluding steroid dienone is 1. The molecule has 0 aliphatic heterocycles. The minimum Gasteiger partial charge on any atom is -0.370 e. The van der Waals surface area contributed by atoms with Gasteiger partial charge in [-0.05, 0) is 38.5 Å². The quantitative estimate of drug-likeness (QED) is 0.204. The molecule has 1 unspecified atom stereocenters. The Balaban J connectivity index is 2.28. The molecule has 1 heterocycles. The lowest BCUT2D eigenvalue weighted by Crippen LogP contribution is -2.32. The molecule has 0 aliphatic rings. The number of hydrogen-bond donors (Lipinski definition) is 3. The predicted molar refractivity (Wildman–Crippen MR) is 118 cm³/mol. The van der Waals surface area contributed by atoms with Gasteiger partial charge in [0.1, 0.15) is 5.01 Å². The second kappa shape index (κ2) is 14.1. The van der Waals surface area contributed by atoms with Crippen molar-refractivity contribution in [1.29, 1.82) is 0 Å². The van der Waals surface area contributed by atoms with Gasteiger partial charge in [0.15, 0.2) is 5.96 Å². The molecular formula is C19H35N5S2. The fraction of sp³-hybridized carbons (Fsp3) is 0.684. The normalized spacial score (nSPS) is 13.5. The van der Waals surface area contributed by atoms with Crippen LogP contribution in [0.1, 0.15) is 62.2 Å². The summed E-state index contributed by atoms with van der Waals surface area (Å²) >= 11 is 3.80. The van der Waals surface area contributed by atoms with Crippen molar-refractivity contribution in [2.75, 3.05) is 25.4 Å². The second-order valence-corrected chi connectivity index (χ2v) is 8.21. The molecule has 148 valence electrons. The third kappa shape index (κ3) is 9.05. The molecule has 1 aromatic rings. The van der Waals surface area contributed by atoms with Gasteiger partial charge in [0, 0.05) is 17.2 Å². The number of nitrogens with two attached hydrogens (primary N) is 1. The molecule has 5 nitrogen and oxygen atoms in total. The molecule has 4 N–H and O–H groups in total. The summed E-state index contributed by atoms with van der Waals surface area (Å²) < 4.78 is 0. The summed E-state index contributed by atoms with van der Waals surface area (Å²) in [5.74, 6) is 2.61. The fourth-order valence-electron chi connectivity index (χ4n) is 2.38. The van der Waals surface area contributed by atoms with Crippen LogP contribution in [0.4, 0.5) is 0 Å². The van der Waals surface area contributed by atoms with E-state index in [1.54, 1.807) is 0 Å². The molecule has 0 radical (unpaired) electrons. The van der Waals surface area contributed by atoms with Crippen LogP contribution in [0.2, 0.25) is 0 Å². The van der Waals surface area contributed by atoms with E-state index >= 15 is 0 Å². The van der Waals surface area contributed by atoms with Gasteiger partial charge in [0.05, 0.1) is 18.3 Å². The van der Waals surface area contributed by atoms with Gasteiger partial charge in [-0.1, -0.05) is 32.9 Å². The lowest BCUT2D eigenvalue weighted by Gasteiger charge is -2.07. The first-order valence-electron chi connectivity index (χ1n) is 9.60. The highest BCUT2D eigenvalue weighted by molar-refractivity contribution is 7.98. The van der Waals surface area contributed by atoms with E-state index in [4.69, 9.17) is 10.7 Å². The second-order valence-electron chi connectivity index (χ2n) is 5.99. The third-order valence-corrected chi connectivity index (χ3v) is 6.26. The number of aromatic nitrogens is 1. The zero-order valence-electron chi connectivity index (χ0n) is 16.7. The van der Waals surface area contributed by atoms with Gasteiger partial charge in [-0.3, -0.25) is 0 Å². The largest absolute Gasteiger partial charge is 0.370 e. The first-order chi connectivity index (χ1) is 12.6. The van der Waals surface area contributed by atoms with Crippen LogP contribution in [0.5, 0.6) is 0 Å². The van der Waals surface area contributed by atoms with Crippen molar-refractivity contribution in [3.05, 3.63) is 27.7 Å². The SMILES string of the molecule is CCC=CCN=C(N)NCCCSCc1nc(C(C)NCC)sc1CC. The van der Waals surface area contributed by atoms with Gasteiger partial charge in [-0.25, -0.2) is 9.98 Å². The Morgan fingerprint density at radius 2 is 2.15 bits per heavy atom. The van der Waals surface area contributed by atoms with E-state index in [0.29, 0.717) is 18.5 Å². The van der Waals surface area contributed by atoms with Crippen LogP contribution in [0.15, 0.2) is 17.1 Å². The zero-order valence-corrected chi connectivity index (χ0v) is 18.3. The maximum atomic E-state index is 5.84. The average molecular weight is 398 g/mol. The van der Waals surface area contributed by atoms with Crippen LogP contribution in [0.25, 0.3) is 0 Å². The van der Waals surface area contributed by atoms with E-state index in [9.17, 15) is 0 Å². The smallest absolute Gasteiger partial charge is 0.188 e. The van der Waals surface area contributed by atoms with E-state index in [0.717, 1.165) is 43.9 Å². The van der Waals surface area contributed by atoms with Crippen molar-refractivity contribution in [3.63, 3.8) is 0 Å². The lowest BCUT2D eigenvalue weighted by atomic mass is 10.3. The van der Waals surface area contributed by atoms with E-state index in [2.05, 4.69) is 49.4 Å². The Morgan fingerprint density at radius 1 is 1.35 bits per heavy atom. The number of hydrogen-bond acceptors (Lipinski definition) is 5. The van der Waals surface area contributed by atoms with Crippen molar-refractivity contribution in [1.82, 2.24) is 15.6 Å². The Kier molecular flexibility index (Phi) is 12.4. The maximum absolute atomic E-state index is 5.84. The topological polar surface area (TPSA) is 75.3 Å². The molecule has 7 heteroatoms. The predicted octanol–water partition coefficient (Wildman–Crippen LogP) is 3.87. The summed E-state index contributed by atoms with van der Waals surface area (Å²) in [5.41, 5.74) is 7.10. The molecule has 0 aromatic carbocycles. The molecule has 1 rings (SSSR count). The Bertz CT molecular complexity index is 554. The number of thiazole rings is 1. The molecule has 0 aliphatic carbocycles. The van der Waals surface area contributed by atoms with Gasteiger partial charge in [-0.2, -0.15) is 11.8 Å². The summed E-state index contributed by atoms with van der Waals surface area (Å²) in [4.78, 5) is 10.6. The van der Waals surface area contributed by atoms with Crippen LogP contribution >= 0.6 is 23.1 Å². The molecular weight excluding hydrogens is 362 g/mol. The molecule has 0 bridgehead atoms. The van der Waals surface area contributed by atoms with Crippen LogP contribution in [0, 0.1) is 0 Å². The van der Waals surface area contributed by atoms with Crippen molar-refractivity contribution >= 4 is 29.1 Å². The summed E-state index contributed by atoms with van der Waals surface area (Å²) in [6.45, 7) is 11.1.